The monoisotopic (exact) mass is 496 g/mol. The van der Waals surface area contributed by atoms with Crippen LogP contribution >= 0.6 is 0 Å². The maximum atomic E-state index is 2.35. The minimum Gasteiger partial charge on any atom is -0.165 e. The molecule has 0 heterocycles. The molecule has 0 aromatic heterocycles. The van der Waals surface area contributed by atoms with Crippen molar-refractivity contribution in [2.75, 3.05) is 0 Å². The number of hydrogen-bond donors (Lipinski definition) is 0. The molecule has 31 heavy (non-hydrogen) atoms. The first kappa shape index (κ1) is 23.6. The first-order valence-electron chi connectivity index (χ1n) is 10.7. The van der Waals surface area contributed by atoms with Crippen LogP contribution in [0.4, 0.5) is 0 Å². The van der Waals surface area contributed by atoms with E-state index in [0.29, 0.717) is 0 Å². The first-order chi connectivity index (χ1) is 14.8. The number of fused-ring (bicyclic) bond motifs is 2. The maximum Gasteiger partial charge on any atom is -0.0488 e. The third-order valence-electron chi connectivity index (χ3n) is 5.43. The average Bonchev–Trinajstić information content (AvgIpc) is 3.33. The number of rotatable bonds is 1. The van der Waals surface area contributed by atoms with Crippen LogP contribution in [-0.2, 0) is 23.3 Å². The summed E-state index contributed by atoms with van der Waals surface area (Å²) in [5.41, 5.74) is 5.33. The molecule has 2 heteroatoms. The van der Waals surface area contributed by atoms with Crippen LogP contribution in [0.15, 0.2) is 91.0 Å². The quantitative estimate of drug-likeness (QED) is 0.167. The van der Waals surface area contributed by atoms with Crippen LogP contribution in [0.25, 0.3) is 21.5 Å². The van der Waals surface area contributed by atoms with Crippen LogP contribution in [0.3, 0.4) is 0 Å². The summed E-state index contributed by atoms with van der Waals surface area (Å²) >= 11 is 1.69. The van der Waals surface area contributed by atoms with Crippen molar-refractivity contribution in [3.05, 3.63) is 113 Å². The molecule has 0 atom stereocenters. The third kappa shape index (κ3) is 6.48. The van der Waals surface area contributed by atoms with Crippen molar-refractivity contribution in [2.45, 2.75) is 34.2 Å². The van der Waals surface area contributed by atoms with Gasteiger partial charge in [-0.05, 0) is 13.8 Å². The van der Waals surface area contributed by atoms with Crippen molar-refractivity contribution < 1.29 is 23.3 Å². The zero-order valence-electron chi connectivity index (χ0n) is 19.2. The molecule has 0 aliphatic rings. The third-order valence-corrected chi connectivity index (χ3v) is 8.76. The molecule has 0 fully saturated rings. The van der Waals surface area contributed by atoms with E-state index in [9.17, 15) is 0 Å². The minimum absolute atomic E-state index is 0.122. The van der Waals surface area contributed by atoms with Crippen molar-refractivity contribution in [2.24, 2.45) is 0 Å². The second-order valence-electron chi connectivity index (χ2n) is 8.21. The fourth-order valence-corrected chi connectivity index (χ4v) is 5.69. The van der Waals surface area contributed by atoms with Gasteiger partial charge in [0.25, 0.3) is 0 Å². The number of aryl methyl sites for hydroxylation is 4. The summed E-state index contributed by atoms with van der Waals surface area (Å²) in [7, 11) is 0. The van der Waals surface area contributed by atoms with Crippen molar-refractivity contribution in [3.63, 3.8) is 0 Å². The summed E-state index contributed by atoms with van der Waals surface area (Å²) in [5.74, 6) is 0. The van der Waals surface area contributed by atoms with Crippen LogP contribution in [-0.4, -0.2) is 5.43 Å². The van der Waals surface area contributed by atoms with E-state index in [2.05, 4.69) is 125 Å². The Morgan fingerprint density at radius 1 is 0.613 bits per heavy atom. The van der Waals surface area contributed by atoms with Gasteiger partial charge >= 0.3 is 70.8 Å². The Balaban J connectivity index is 0.000000133. The van der Waals surface area contributed by atoms with E-state index >= 15 is 0 Å². The number of benzene rings is 3. The largest absolute Gasteiger partial charge is 0.165 e. The molecule has 5 rings (SSSR count). The molecule has 154 valence electrons. The zero-order valence-corrected chi connectivity index (χ0v) is 22.6. The predicted molar refractivity (Wildman–Crippen MR) is 136 cm³/mol. The van der Waals surface area contributed by atoms with E-state index in [1.165, 1.54) is 43.8 Å². The van der Waals surface area contributed by atoms with Gasteiger partial charge in [0, 0.05) is 0 Å². The smallest absolute Gasteiger partial charge is 0.0488 e. The van der Waals surface area contributed by atoms with Crippen LogP contribution in [0, 0.1) is 27.7 Å². The van der Waals surface area contributed by atoms with E-state index < -0.39 is 0 Å². The van der Waals surface area contributed by atoms with E-state index in [1.54, 1.807) is 28.5 Å². The second kappa shape index (κ2) is 11.0. The molecule has 0 amide bonds. The van der Waals surface area contributed by atoms with E-state index in [-0.39, 0.29) is 5.43 Å². The fourth-order valence-electron chi connectivity index (χ4n) is 3.77. The molecule has 0 unspecified atom stereocenters. The second-order valence-corrected chi connectivity index (χ2v) is 15.6. The molecular formula is C29H30SiZr. The topological polar surface area (TPSA) is 0 Å². The molecule has 0 nitrogen and oxygen atoms in total. The van der Waals surface area contributed by atoms with Gasteiger partial charge < -0.3 is 0 Å². The summed E-state index contributed by atoms with van der Waals surface area (Å²) in [5, 5.41) is 7.07. The Morgan fingerprint density at radius 3 is 1.42 bits per heavy atom. The van der Waals surface area contributed by atoms with Gasteiger partial charge in [-0.2, -0.15) is 12.1 Å². The van der Waals surface area contributed by atoms with Crippen LogP contribution < -0.4 is 5.19 Å². The Bertz CT molecular complexity index is 1210. The van der Waals surface area contributed by atoms with Gasteiger partial charge in [-0.3, -0.25) is 0 Å². The van der Waals surface area contributed by atoms with Crippen LogP contribution in [0.5, 0.6) is 0 Å². The van der Waals surface area contributed by atoms with Crippen molar-refractivity contribution >= 4 is 32.2 Å². The van der Waals surface area contributed by atoms with Crippen LogP contribution in [0.1, 0.15) is 22.3 Å². The molecule has 0 spiro atoms. The van der Waals surface area contributed by atoms with Gasteiger partial charge in [-0.15, -0.1) is 69.1 Å². The van der Waals surface area contributed by atoms with Gasteiger partial charge in [-0.1, -0.05) is 37.1 Å². The molecule has 0 N–H and O–H groups in total. The predicted octanol–water partition coefficient (Wildman–Crippen LogP) is 7.41. The van der Waals surface area contributed by atoms with E-state index in [0.717, 1.165) is 0 Å². The average molecular weight is 498 g/mol. The molecule has 0 radical (unpaired) electrons. The summed E-state index contributed by atoms with van der Waals surface area (Å²) in [6, 6.07) is 32.5. The summed E-state index contributed by atoms with van der Waals surface area (Å²) < 4.78 is 0. The van der Waals surface area contributed by atoms with Gasteiger partial charge in [0.05, 0.1) is 0 Å². The number of hydrogen-bond acceptors (Lipinski definition) is 0. The maximum absolute atomic E-state index is 2.35. The fraction of sp³-hybridized carbons (Fsp3) is 0.172. The van der Waals surface area contributed by atoms with Crippen molar-refractivity contribution in [1.82, 2.24) is 0 Å². The van der Waals surface area contributed by atoms with Crippen molar-refractivity contribution in [3.8, 4) is 0 Å². The van der Waals surface area contributed by atoms with Crippen LogP contribution in [0.2, 0.25) is 6.55 Å². The van der Waals surface area contributed by atoms with E-state index in [1.807, 2.05) is 0 Å². The van der Waals surface area contributed by atoms with E-state index in [4.69, 9.17) is 0 Å². The SMILES string of the molecule is C[Si](=[Zr+2])c1ccccc1.Cc1cc2c(C)cccc2[cH-]1.Cc1cc2c(C)cccc2[cH-]1. The first-order valence-corrected chi connectivity index (χ1v) is 16.4. The molecule has 0 bridgehead atoms. The summed E-state index contributed by atoms with van der Waals surface area (Å²) in [6.45, 7) is 10.9. The molecule has 0 saturated heterocycles. The molecule has 5 aromatic rings. The Hall–Kier alpha value is -2.02. The molecule has 0 aliphatic heterocycles. The van der Waals surface area contributed by atoms with Gasteiger partial charge in [-0.25, -0.2) is 0 Å². The van der Waals surface area contributed by atoms with Gasteiger partial charge in [0.1, 0.15) is 0 Å². The van der Waals surface area contributed by atoms with Crippen molar-refractivity contribution in [1.29, 1.82) is 0 Å². The molecular weight excluding hydrogens is 468 g/mol. The Labute approximate surface area is 202 Å². The molecule has 5 aromatic carbocycles. The summed E-state index contributed by atoms with van der Waals surface area (Å²) in [6.07, 6.45) is 0. The Kier molecular flexibility index (Phi) is 8.41. The van der Waals surface area contributed by atoms with Gasteiger partial charge in [0.2, 0.25) is 0 Å². The zero-order chi connectivity index (χ0) is 22.4. The standard InChI is InChI=1S/2C11H11.C7H8Si.Zr/c2*1-8-6-10-5-3-4-9(2)11(10)7-8;1-8-7-5-3-2-4-6-7;/h2*3-7H,1-2H3;2-6H,1H3;/q2*-1;;+2. The molecule has 0 aliphatic carbocycles. The minimum atomic E-state index is -0.122. The summed E-state index contributed by atoms with van der Waals surface area (Å²) in [4.78, 5) is 0. The van der Waals surface area contributed by atoms with Gasteiger partial charge in [0.15, 0.2) is 0 Å². The normalized spacial score (nSPS) is 10.3. The Morgan fingerprint density at radius 2 is 1.06 bits per heavy atom. The molecule has 0 saturated carbocycles.